The van der Waals surface area contributed by atoms with Crippen LogP contribution in [0, 0.1) is 12.7 Å². The van der Waals surface area contributed by atoms with Crippen molar-refractivity contribution in [3.8, 4) is 11.8 Å². The molecule has 2 N–H and O–H groups in total. The number of piperazine rings is 1. The van der Waals surface area contributed by atoms with Gasteiger partial charge in [-0.1, -0.05) is 13.8 Å². The maximum absolute atomic E-state index is 15.2. The maximum atomic E-state index is 15.2. The van der Waals surface area contributed by atoms with Gasteiger partial charge in [0.05, 0.1) is 0 Å². The van der Waals surface area contributed by atoms with Crippen molar-refractivity contribution >= 4 is 39.0 Å². The fourth-order valence-corrected chi connectivity index (χ4v) is 4.73. The lowest BCUT2D eigenvalue weighted by Crippen LogP contribution is -2.44. The van der Waals surface area contributed by atoms with Crippen molar-refractivity contribution in [3.05, 3.63) is 46.9 Å². The lowest BCUT2D eigenvalue weighted by molar-refractivity contribution is 0.311. The average molecular weight is 482 g/mol. The first-order valence-corrected chi connectivity index (χ1v) is 12.2. The quantitative estimate of drug-likeness (QED) is 0.388. The van der Waals surface area contributed by atoms with Gasteiger partial charge in [-0.3, -0.25) is 0 Å². The normalized spacial score (nSPS) is 14.8. The number of anilines is 3. The molecule has 1 aliphatic rings. The zero-order valence-corrected chi connectivity index (χ0v) is 20.5. The minimum atomic E-state index is -0.438. The number of fused-ring (bicyclic) bond motifs is 1. The van der Waals surface area contributed by atoms with Crippen molar-refractivity contribution in [2.75, 3.05) is 43.4 Å². The number of ether oxygens (including phenoxy) is 1. The van der Waals surface area contributed by atoms with Crippen LogP contribution in [0.2, 0.25) is 0 Å². The predicted octanol–water partition coefficient (Wildman–Crippen LogP) is 5.27. The standard InChI is InChI=1S/C24H28FN7OS/c1-14(2)19-13-26-24(34-19)29-20-12-21(32-9-7-31(4)8-10-32)30-23(28-20)33-18-6-5-17-16(22(18)25)11-15(3)27-17/h5-6,11-14,27H,7-10H2,1-4H3,(H,26,28,29,30). The SMILES string of the molecule is Cc1cc2c(F)c(Oc3nc(Nc4ncc(C(C)C)s4)cc(N4CCN(C)CC4)n3)ccc2[nH]1. The highest BCUT2D eigenvalue weighted by Gasteiger charge is 2.20. The van der Waals surface area contributed by atoms with Crippen LogP contribution in [0.4, 0.5) is 21.2 Å². The third kappa shape index (κ3) is 4.69. The number of nitrogens with one attached hydrogen (secondary N) is 2. The van der Waals surface area contributed by atoms with Crippen LogP contribution in [0.1, 0.15) is 30.3 Å². The highest BCUT2D eigenvalue weighted by Crippen LogP contribution is 2.32. The van der Waals surface area contributed by atoms with E-state index in [4.69, 9.17) is 4.74 Å². The average Bonchev–Trinajstić information content (AvgIpc) is 3.43. The molecule has 8 nitrogen and oxygen atoms in total. The van der Waals surface area contributed by atoms with Crippen LogP contribution in [-0.4, -0.2) is 58.1 Å². The van der Waals surface area contributed by atoms with E-state index < -0.39 is 5.82 Å². The summed E-state index contributed by atoms with van der Waals surface area (Å²) in [5.41, 5.74) is 1.61. The van der Waals surface area contributed by atoms with E-state index in [0.29, 0.717) is 17.1 Å². The Labute approximate surface area is 201 Å². The first-order chi connectivity index (χ1) is 16.4. The molecule has 1 saturated heterocycles. The molecule has 0 bridgehead atoms. The lowest BCUT2D eigenvalue weighted by Gasteiger charge is -2.33. The number of aromatic amines is 1. The number of thiazole rings is 1. The topological polar surface area (TPSA) is 82.2 Å². The van der Waals surface area contributed by atoms with E-state index in [1.54, 1.807) is 29.5 Å². The van der Waals surface area contributed by atoms with Gasteiger partial charge in [0.1, 0.15) is 11.6 Å². The van der Waals surface area contributed by atoms with Crippen molar-refractivity contribution in [3.63, 3.8) is 0 Å². The highest BCUT2D eigenvalue weighted by atomic mass is 32.1. The van der Waals surface area contributed by atoms with Crippen molar-refractivity contribution in [1.29, 1.82) is 0 Å². The molecule has 0 spiro atoms. The number of nitrogens with zero attached hydrogens (tertiary/aromatic N) is 5. The number of rotatable bonds is 6. The van der Waals surface area contributed by atoms with Crippen LogP contribution >= 0.6 is 11.3 Å². The van der Waals surface area contributed by atoms with Crippen LogP contribution in [0.15, 0.2) is 30.5 Å². The van der Waals surface area contributed by atoms with E-state index >= 15 is 4.39 Å². The number of hydrogen-bond acceptors (Lipinski definition) is 8. The van der Waals surface area contributed by atoms with Gasteiger partial charge in [0.25, 0.3) is 0 Å². The van der Waals surface area contributed by atoms with Gasteiger partial charge >= 0.3 is 6.01 Å². The molecular formula is C24H28FN7OS. The molecule has 178 valence electrons. The Morgan fingerprint density at radius 1 is 1.15 bits per heavy atom. The van der Waals surface area contributed by atoms with E-state index in [2.05, 4.69) is 55.9 Å². The van der Waals surface area contributed by atoms with E-state index in [9.17, 15) is 0 Å². The largest absolute Gasteiger partial charge is 0.421 e. The van der Waals surface area contributed by atoms with Crippen LogP contribution in [-0.2, 0) is 0 Å². The van der Waals surface area contributed by atoms with Crippen molar-refractivity contribution in [1.82, 2.24) is 24.8 Å². The highest BCUT2D eigenvalue weighted by molar-refractivity contribution is 7.15. The van der Waals surface area contributed by atoms with Crippen LogP contribution in [0.5, 0.6) is 11.8 Å². The van der Waals surface area contributed by atoms with Gasteiger partial charge in [-0.2, -0.15) is 9.97 Å². The minimum absolute atomic E-state index is 0.0873. The van der Waals surface area contributed by atoms with Crippen LogP contribution in [0.3, 0.4) is 0 Å². The van der Waals surface area contributed by atoms with Crippen LogP contribution in [0.25, 0.3) is 10.9 Å². The lowest BCUT2D eigenvalue weighted by atomic mass is 10.2. The number of hydrogen-bond donors (Lipinski definition) is 2. The van der Waals surface area contributed by atoms with E-state index in [0.717, 1.165) is 48.3 Å². The summed E-state index contributed by atoms with van der Waals surface area (Å²) < 4.78 is 21.0. The zero-order chi connectivity index (χ0) is 23.8. The number of likely N-dealkylation sites (N-methyl/N-ethyl adjacent to an activating group) is 1. The maximum Gasteiger partial charge on any atom is 0.326 e. The fraction of sp³-hybridized carbons (Fsp3) is 0.375. The van der Waals surface area contributed by atoms with Gasteiger partial charge in [-0.15, -0.1) is 11.3 Å². The number of benzene rings is 1. The van der Waals surface area contributed by atoms with Crippen molar-refractivity contribution in [2.45, 2.75) is 26.7 Å². The van der Waals surface area contributed by atoms with Gasteiger partial charge in [0.2, 0.25) is 0 Å². The molecular weight excluding hydrogens is 453 g/mol. The minimum Gasteiger partial charge on any atom is -0.421 e. The van der Waals surface area contributed by atoms with Crippen molar-refractivity contribution in [2.24, 2.45) is 0 Å². The van der Waals surface area contributed by atoms with Gasteiger partial charge < -0.3 is 24.8 Å². The molecule has 0 atom stereocenters. The Kier molecular flexibility index (Phi) is 6.09. The fourth-order valence-electron chi connectivity index (χ4n) is 3.91. The van der Waals surface area contributed by atoms with Crippen LogP contribution < -0.4 is 15.0 Å². The molecule has 5 rings (SSSR count). The second kappa shape index (κ2) is 9.19. The molecule has 0 amide bonds. The van der Waals surface area contributed by atoms with E-state index in [-0.39, 0.29) is 11.8 Å². The summed E-state index contributed by atoms with van der Waals surface area (Å²) in [6.07, 6.45) is 1.88. The molecule has 1 aliphatic heterocycles. The second-order valence-electron chi connectivity index (χ2n) is 8.93. The summed E-state index contributed by atoms with van der Waals surface area (Å²) in [6.45, 7) is 9.71. The number of aryl methyl sites for hydroxylation is 1. The molecule has 3 aromatic heterocycles. The third-order valence-electron chi connectivity index (χ3n) is 5.89. The summed E-state index contributed by atoms with van der Waals surface area (Å²) in [7, 11) is 2.11. The molecule has 4 heterocycles. The Morgan fingerprint density at radius 2 is 1.94 bits per heavy atom. The van der Waals surface area contributed by atoms with E-state index in [1.165, 1.54) is 4.88 Å². The molecule has 1 fully saturated rings. The predicted molar refractivity (Wildman–Crippen MR) is 134 cm³/mol. The molecule has 0 saturated carbocycles. The van der Waals surface area contributed by atoms with Gasteiger partial charge in [-0.25, -0.2) is 9.37 Å². The number of H-pyrrole nitrogens is 1. The Bertz CT molecular complexity index is 1310. The monoisotopic (exact) mass is 481 g/mol. The number of aromatic nitrogens is 4. The number of halogens is 1. The van der Waals surface area contributed by atoms with Gasteiger partial charge in [0.15, 0.2) is 16.7 Å². The molecule has 0 unspecified atom stereocenters. The zero-order valence-electron chi connectivity index (χ0n) is 19.7. The summed E-state index contributed by atoms with van der Waals surface area (Å²) in [4.78, 5) is 22.4. The second-order valence-corrected chi connectivity index (χ2v) is 9.99. The van der Waals surface area contributed by atoms with Gasteiger partial charge in [0, 0.05) is 59.9 Å². The molecule has 34 heavy (non-hydrogen) atoms. The molecule has 0 radical (unpaired) electrons. The first kappa shape index (κ1) is 22.5. The Morgan fingerprint density at radius 3 is 2.68 bits per heavy atom. The summed E-state index contributed by atoms with van der Waals surface area (Å²) in [5.74, 6) is 1.34. The smallest absolute Gasteiger partial charge is 0.326 e. The Balaban J connectivity index is 1.48. The Hall–Kier alpha value is -3.24. The van der Waals surface area contributed by atoms with E-state index in [1.807, 2.05) is 19.2 Å². The molecule has 10 heteroatoms. The molecule has 1 aromatic carbocycles. The van der Waals surface area contributed by atoms with Crippen molar-refractivity contribution < 1.29 is 9.13 Å². The first-order valence-electron chi connectivity index (χ1n) is 11.4. The molecule has 4 aromatic rings. The summed E-state index contributed by atoms with van der Waals surface area (Å²) in [5, 5.41) is 4.50. The molecule has 0 aliphatic carbocycles. The summed E-state index contributed by atoms with van der Waals surface area (Å²) >= 11 is 1.59. The third-order valence-corrected chi connectivity index (χ3v) is 7.10. The van der Waals surface area contributed by atoms with Gasteiger partial charge in [-0.05, 0) is 38.1 Å². The summed E-state index contributed by atoms with van der Waals surface area (Å²) in [6, 6.07) is 7.14.